The molecule has 0 N–H and O–H groups in total. The molecule has 0 unspecified atom stereocenters. The molecule has 1 heterocycles. The molecule has 0 spiro atoms. The van der Waals surface area contributed by atoms with Crippen LogP contribution in [0, 0.1) is 0 Å². The maximum atomic E-state index is 11.4. The van der Waals surface area contributed by atoms with Crippen molar-refractivity contribution < 1.29 is 18.7 Å². The van der Waals surface area contributed by atoms with Gasteiger partial charge in [-0.05, 0) is 11.6 Å². The third-order valence-corrected chi connectivity index (χ3v) is 2.73. The Balaban J connectivity index is 2.66. The minimum atomic E-state index is -0.504. The third-order valence-electron chi connectivity index (χ3n) is 2.44. The largest absolute Gasteiger partial charge is 0.425 e. The third kappa shape index (κ3) is 2.94. The van der Waals surface area contributed by atoms with Gasteiger partial charge in [0.1, 0.15) is 5.58 Å². The highest BCUT2D eigenvalue weighted by Gasteiger charge is 2.12. The van der Waals surface area contributed by atoms with Crippen LogP contribution >= 0.6 is 11.6 Å². The normalized spacial score (nSPS) is 10.7. The molecular weight excluding hydrogens is 272 g/mol. The molecule has 6 heteroatoms. The van der Waals surface area contributed by atoms with E-state index in [1.54, 1.807) is 6.07 Å². The van der Waals surface area contributed by atoms with Crippen molar-refractivity contribution in [3.05, 3.63) is 39.2 Å². The van der Waals surface area contributed by atoms with Crippen LogP contribution in [0.25, 0.3) is 11.0 Å². The van der Waals surface area contributed by atoms with Crippen molar-refractivity contribution in [1.82, 2.24) is 0 Å². The molecule has 5 nitrogen and oxygen atoms in total. The molecule has 0 aliphatic rings. The standard InChI is InChI=1S/C13H11ClO5/c1-7(15)18-12-5-11-9(4-10(12)14)8(6-17-2)3-13(16)19-11/h3-5H,6H2,1-2H3. The highest BCUT2D eigenvalue weighted by molar-refractivity contribution is 6.33. The predicted molar refractivity (Wildman–Crippen MR) is 69.5 cm³/mol. The summed E-state index contributed by atoms with van der Waals surface area (Å²) < 4.78 is 15.0. The van der Waals surface area contributed by atoms with E-state index in [0.717, 1.165) is 0 Å². The van der Waals surface area contributed by atoms with Gasteiger partial charge < -0.3 is 13.9 Å². The summed E-state index contributed by atoms with van der Waals surface area (Å²) in [6.07, 6.45) is 0. The minimum absolute atomic E-state index is 0.152. The van der Waals surface area contributed by atoms with Crippen LogP contribution in [-0.2, 0) is 16.1 Å². The van der Waals surface area contributed by atoms with Crippen molar-refractivity contribution in [2.75, 3.05) is 7.11 Å². The molecule has 1 aromatic heterocycles. The molecule has 0 amide bonds. The summed E-state index contributed by atoms with van der Waals surface area (Å²) >= 11 is 6.02. The number of methoxy groups -OCH3 is 1. The lowest BCUT2D eigenvalue weighted by Gasteiger charge is -2.08. The molecule has 0 fully saturated rings. The Morgan fingerprint density at radius 2 is 2.11 bits per heavy atom. The summed E-state index contributed by atoms with van der Waals surface area (Å²) in [4.78, 5) is 22.4. The number of carbonyl (C=O) groups is 1. The zero-order valence-corrected chi connectivity index (χ0v) is 11.1. The summed E-state index contributed by atoms with van der Waals surface area (Å²) in [5, 5.41) is 0.899. The quantitative estimate of drug-likeness (QED) is 0.492. The smallest absolute Gasteiger partial charge is 0.336 e. The van der Waals surface area contributed by atoms with Gasteiger partial charge in [0.2, 0.25) is 0 Å². The molecule has 0 bridgehead atoms. The average molecular weight is 283 g/mol. The van der Waals surface area contributed by atoms with Gasteiger partial charge in [-0.15, -0.1) is 0 Å². The van der Waals surface area contributed by atoms with Crippen LogP contribution in [0.4, 0.5) is 0 Å². The minimum Gasteiger partial charge on any atom is -0.425 e. The van der Waals surface area contributed by atoms with Crippen LogP contribution < -0.4 is 10.4 Å². The van der Waals surface area contributed by atoms with Crippen LogP contribution in [0.3, 0.4) is 0 Å². The van der Waals surface area contributed by atoms with E-state index in [-0.39, 0.29) is 17.4 Å². The second-order valence-corrected chi connectivity index (χ2v) is 4.30. The maximum Gasteiger partial charge on any atom is 0.336 e. The Labute approximate surface area is 113 Å². The predicted octanol–water partition coefficient (Wildman–Crippen LogP) is 2.52. The summed E-state index contributed by atoms with van der Waals surface area (Å²) in [6, 6.07) is 4.33. The van der Waals surface area contributed by atoms with Crippen molar-refractivity contribution in [1.29, 1.82) is 0 Å². The number of rotatable bonds is 3. The van der Waals surface area contributed by atoms with Crippen molar-refractivity contribution in [2.24, 2.45) is 0 Å². The molecule has 0 aliphatic carbocycles. The van der Waals surface area contributed by atoms with Crippen LogP contribution in [0.5, 0.6) is 5.75 Å². The number of hydrogen-bond acceptors (Lipinski definition) is 5. The number of ether oxygens (including phenoxy) is 2. The van der Waals surface area contributed by atoms with Gasteiger partial charge in [0.05, 0.1) is 11.6 Å². The molecular formula is C13H11ClO5. The van der Waals surface area contributed by atoms with Crippen LogP contribution in [-0.4, -0.2) is 13.1 Å². The van der Waals surface area contributed by atoms with E-state index in [1.165, 1.54) is 26.2 Å². The SMILES string of the molecule is COCc1cc(=O)oc2cc(OC(C)=O)c(Cl)cc12. The number of benzene rings is 1. The number of esters is 1. The summed E-state index contributed by atoms with van der Waals surface area (Å²) in [7, 11) is 1.52. The fourth-order valence-corrected chi connectivity index (χ4v) is 1.94. The molecule has 2 rings (SSSR count). The zero-order chi connectivity index (χ0) is 14.0. The van der Waals surface area contributed by atoms with Gasteiger partial charge in [-0.25, -0.2) is 4.79 Å². The lowest BCUT2D eigenvalue weighted by Crippen LogP contribution is -2.04. The number of carbonyl (C=O) groups excluding carboxylic acids is 1. The molecule has 0 radical (unpaired) electrons. The maximum absolute atomic E-state index is 11.4. The molecule has 0 atom stereocenters. The van der Waals surface area contributed by atoms with E-state index in [1.807, 2.05) is 0 Å². The molecule has 0 saturated carbocycles. The van der Waals surface area contributed by atoms with Gasteiger partial charge in [0.15, 0.2) is 5.75 Å². The van der Waals surface area contributed by atoms with E-state index in [9.17, 15) is 9.59 Å². The van der Waals surface area contributed by atoms with E-state index in [4.69, 9.17) is 25.5 Å². The molecule has 100 valence electrons. The first-order valence-electron chi connectivity index (χ1n) is 5.45. The average Bonchev–Trinajstić information content (AvgIpc) is 2.31. The van der Waals surface area contributed by atoms with E-state index in [0.29, 0.717) is 16.5 Å². The van der Waals surface area contributed by atoms with Crippen LogP contribution in [0.2, 0.25) is 5.02 Å². The van der Waals surface area contributed by atoms with Crippen molar-refractivity contribution in [3.63, 3.8) is 0 Å². The van der Waals surface area contributed by atoms with Gasteiger partial charge in [0.25, 0.3) is 0 Å². The van der Waals surface area contributed by atoms with Gasteiger partial charge in [0, 0.05) is 31.6 Å². The Morgan fingerprint density at radius 3 is 2.74 bits per heavy atom. The lowest BCUT2D eigenvalue weighted by molar-refractivity contribution is -0.131. The van der Waals surface area contributed by atoms with Gasteiger partial charge in [-0.1, -0.05) is 11.6 Å². The van der Waals surface area contributed by atoms with E-state index >= 15 is 0 Å². The first kappa shape index (κ1) is 13.6. The lowest BCUT2D eigenvalue weighted by atomic mass is 10.1. The summed E-state index contributed by atoms with van der Waals surface area (Å²) in [5.74, 6) is -0.351. The fraction of sp³-hybridized carbons (Fsp3) is 0.231. The second-order valence-electron chi connectivity index (χ2n) is 3.90. The van der Waals surface area contributed by atoms with Gasteiger partial charge in [-0.2, -0.15) is 0 Å². The van der Waals surface area contributed by atoms with Gasteiger partial charge in [-0.3, -0.25) is 4.79 Å². The number of hydrogen-bond donors (Lipinski definition) is 0. The first-order chi connectivity index (χ1) is 9.01. The van der Waals surface area contributed by atoms with Crippen LogP contribution in [0.15, 0.2) is 27.4 Å². The van der Waals surface area contributed by atoms with E-state index < -0.39 is 11.6 Å². The molecule has 19 heavy (non-hydrogen) atoms. The Kier molecular flexibility index (Phi) is 3.87. The Hall–Kier alpha value is -1.85. The highest BCUT2D eigenvalue weighted by atomic mass is 35.5. The fourth-order valence-electron chi connectivity index (χ4n) is 1.74. The monoisotopic (exact) mass is 282 g/mol. The van der Waals surface area contributed by atoms with Crippen molar-refractivity contribution in [2.45, 2.75) is 13.5 Å². The summed E-state index contributed by atoms with van der Waals surface area (Å²) in [5.41, 5.74) is 0.445. The summed E-state index contributed by atoms with van der Waals surface area (Å²) in [6.45, 7) is 1.52. The van der Waals surface area contributed by atoms with Crippen molar-refractivity contribution >= 4 is 28.5 Å². The second kappa shape index (κ2) is 5.42. The van der Waals surface area contributed by atoms with Crippen molar-refractivity contribution in [3.8, 4) is 5.75 Å². The first-order valence-corrected chi connectivity index (χ1v) is 5.82. The van der Waals surface area contributed by atoms with Crippen LogP contribution in [0.1, 0.15) is 12.5 Å². The number of fused-ring (bicyclic) bond motifs is 1. The highest BCUT2D eigenvalue weighted by Crippen LogP contribution is 2.31. The van der Waals surface area contributed by atoms with Gasteiger partial charge >= 0.3 is 11.6 Å². The molecule has 1 aromatic carbocycles. The topological polar surface area (TPSA) is 65.7 Å². The molecule has 0 saturated heterocycles. The van der Waals surface area contributed by atoms with E-state index in [2.05, 4.69) is 0 Å². The number of halogens is 1. The Morgan fingerprint density at radius 1 is 1.37 bits per heavy atom. The zero-order valence-electron chi connectivity index (χ0n) is 10.4. The molecule has 2 aromatic rings. The Bertz CT molecular complexity index is 689. The molecule has 0 aliphatic heterocycles.